The van der Waals surface area contributed by atoms with Gasteiger partial charge in [-0.25, -0.2) is 0 Å². The van der Waals surface area contributed by atoms with Crippen LogP contribution in [0.25, 0.3) is 0 Å². The highest BCUT2D eigenvalue weighted by Crippen LogP contribution is 2.12. The van der Waals surface area contributed by atoms with Gasteiger partial charge in [-0.05, 0) is 19.3 Å². The summed E-state index contributed by atoms with van der Waals surface area (Å²) in [7, 11) is 0. The summed E-state index contributed by atoms with van der Waals surface area (Å²) in [5.41, 5.74) is 0.841. The van der Waals surface area contributed by atoms with Crippen LogP contribution in [-0.2, 0) is 0 Å². The van der Waals surface area contributed by atoms with E-state index in [1.807, 2.05) is 6.92 Å². The molecule has 0 bridgehead atoms. The quantitative estimate of drug-likeness (QED) is 0.366. The van der Waals surface area contributed by atoms with Crippen molar-refractivity contribution in [1.29, 1.82) is 0 Å². The van der Waals surface area contributed by atoms with Gasteiger partial charge in [-0.15, -0.1) is 0 Å². The molecule has 2 heteroatoms. The van der Waals surface area contributed by atoms with Crippen molar-refractivity contribution in [2.75, 3.05) is 0 Å². The van der Waals surface area contributed by atoms with Gasteiger partial charge in [-0.1, -0.05) is 31.8 Å². The predicted molar refractivity (Wildman–Crippen MR) is 43.6 cm³/mol. The summed E-state index contributed by atoms with van der Waals surface area (Å²) in [5.74, 6) is 0.691. The Morgan fingerprint density at radius 2 is 1.90 bits per heavy atom. The molecule has 0 spiro atoms. The van der Waals surface area contributed by atoms with Gasteiger partial charge in [0, 0.05) is 0 Å². The normalized spacial score (nSPS) is 12.6. The predicted octanol–water partition coefficient (Wildman–Crippen LogP) is 2.66. The van der Waals surface area contributed by atoms with E-state index in [9.17, 15) is 0 Å². The van der Waals surface area contributed by atoms with Crippen molar-refractivity contribution in [1.82, 2.24) is 0 Å². The Bertz CT molecular complexity index is 106. The molecule has 0 fully saturated rings. The average Bonchev–Trinajstić information content (AvgIpc) is 1.99. The third-order valence-electron chi connectivity index (χ3n) is 1.91. The van der Waals surface area contributed by atoms with Crippen LogP contribution in [0.15, 0.2) is 5.16 Å². The molecule has 0 unspecified atom stereocenters. The van der Waals surface area contributed by atoms with E-state index in [-0.39, 0.29) is 0 Å². The summed E-state index contributed by atoms with van der Waals surface area (Å²) >= 11 is 0. The van der Waals surface area contributed by atoms with E-state index in [1.54, 1.807) is 0 Å². The van der Waals surface area contributed by atoms with Crippen LogP contribution in [0.4, 0.5) is 0 Å². The molecule has 0 heterocycles. The van der Waals surface area contributed by atoms with Gasteiger partial charge in [0.2, 0.25) is 0 Å². The highest BCUT2D eigenvalue weighted by molar-refractivity contribution is 5.81. The smallest absolute Gasteiger partial charge is 0.0542 e. The Hall–Kier alpha value is -0.530. The molecular formula is C8H17NO. The summed E-state index contributed by atoms with van der Waals surface area (Å²) < 4.78 is 0. The van der Waals surface area contributed by atoms with E-state index in [2.05, 4.69) is 19.0 Å². The van der Waals surface area contributed by atoms with Crippen LogP contribution in [0.1, 0.15) is 40.0 Å². The largest absolute Gasteiger partial charge is 0.411 e. The molecule has 60 valence electrons. The first-order valence-corrected chi connectivity index (χ1v) is 3.92. The van der Waals surface area contributed by atoms with Crippen molar-refractivity contribution in [2.45, 2.75) is 40.0 Å². The number of hydrogen-bond acceptors (Lipinski definition) is 2. The lowest BCUT2D eigenvalue weighted by Crippen LogP contribution is -2.03. The Morgan fingerprint density at radius 1 is 1.40 bits per heavy atom. The zero-order chi connectivity index (χ0) is 7.98. The van der Waals surface area contributed by atoms with Gasteiger partial charge in [-0.2, -0.15) is 0 Å². The molecule has 0 aromatic rings. The van der Waals surface area contributed by atoms with Crippen molar-refractivity contribution in [3.05, 3.63) is 0 Å². The second-order valence-corrected chi connectivity index (χ2v) is 2.72. The molecule has 0 aromatic heterocycles. The van der Waals surface area contributed by atoms with Gasteiger partial charge >= 0.3 is 0 Å². The van der Waals surface area contributed by atoms with Gasteiger partial charge in [0.1, 0.15) is 0 Å². The van der Waals surface area contributed by atoms with E-state index in [0.717, 1.165) is 12.1 Å². The van der Waals surface area contributed by atoms with Crippen LogP contribution < -0.4 is 0 Å². The van der Waals surface area contributed by atoms with Gasteiger partial charge in [-0.3, -0.25) is 0 Å². The van der Waals surface area contributed by atoms with Crippen molar-refractivity contribution >= 4 is 5.71 Å². The molecule has 0 aliphatic rings. The SMILES string of the molecule is CCC(CC)CC(C)=NO. The summed E-state index contributed by atoms with van der Waals surface area (Å²) in [6.07, 6.45) is 3.27. The van der Waals surface area contributed by atoms with E-state index < -0.39 is 0 Å². The lowest BCUT2D eigenvalue weighted by Gasteiger charge is -2.09. The first-order valence-electron chi connectivity index (χ1n) is 3.92. The molecule has 0 saturated heterocycles. The fourth-order valence-electron chi connectivity index (χ4n) is 1.04. The monoisotopic (exact) mass is 143 g/mol. The molecule has 1 N–H and O–H groups in total. The average molecular weight is 143 g/mol. The molecule has 0 atom stereocenters. The Balaban J connectivity index is 3.63. The lowest BCUT2D eigenvalue weighted by atomic mass is 9.97. The molecule has 0 aliphatic heterocycles. The summed E-state index contributed by atoms with van der Waals surface area (Å²) in [6, 6.07) is 0. The number of hydrogen-bond donors (Lipinski definition) is 1. The van der Waals surface area contributed by atoms with Crippen LogP contribution in [0.2, 0.25) is 0 Å². The molecule has 10 heavy (non-hydrogen) atoms. The van der Waals surface area contributed by atoms with Crippen LogP contribution in [-0.4, -0.2) is 10.9 Å². The van der Waals surface area contributed by atoms with E-state index in [1.165, 1.54) is 12.8 Å². The molecular weight excluding hydrogens is 126 g/mol. The van der Waals surface area contributed by atoms with Crippen LogP contribution in [0.5, 0.6) is 0 Å². The van der Waals surface area contributed by atoms with Gasteiger partial charge in [0.25, 0.3) is 0 Å². The maximum atomic E-state index is 8.36. The Kier molecular flexibility index (Phi) is 4.99. The fraction of sp³-hybridized carbons (Fsp3) is 0.875. The van der Waals surface area contributed by atoms with Gasteiger partial charge < -0.3 is 5.21 Å². The van der Waals surface area contributed by atoms with Gasteiger partial charge in [0.05, 0.1) is 5.71 Å². The maximum Gasteiger partial charge on any atom is 0.0542 e. The second kappa shape index (κ2) is 5.27. The van der Waals surface area contributed by atoms with Crippen molar-refractivity contribution in [2.24, 2.45) is 11.1 Å². The highest BCUT2D eigenvalue weighted by Gasteiger charge is 2.04. The molecule has 2 nitrogen and oxygen atoms in total. The summed E-state index contributed by atoms with van der Waals surface area (Å²) in [4.78, 5) is 0. The summed E-state index contributed by atoms with van der Waals surface area (Å²) in [6.45, 7) is 6.19. The zero-order valence-corrected chi connectivity index (χ0v) is 7.09. The number of oxime groups is 1. The Morgan fingerprint density at radius 3 is 2.20 bits per heavy atom. The van der Waals surface area contributed by atoms with E-state index in [4.69, 9.17) is 5.21 Å². The number of rotatable bonds is 4. The zero-order valence-electron chi connectivity index (χ0n) is 7.09. The fourth-order valence-corrected chi connectivity index (χ4v) is 1.04. The molecule has 0 saturated carbocycles. The molecule has 0 aromatic carbocycles. The number of nitrogens with zero attached hydrogens (tertiary/aromatic N) is 1. The molecule has 0 radical (unpaired) electrons. The van der Waals surface area contributed by atoms with Crippen LogP contribution in [0, 0.1) is 5.92 Å². The maximum absolute atomic E-state index is 8.36. The third kappa shape index (κ3) is 3.49. The topological polar surface area (TPSA) is 32.6 Å². The first-order chi connectivity index (χ1) is 4.74. The summed E-state index contributed by atoms with van der Waals surface area (Å²) in [5, 5.41) is 11.5. The first kappa shape index (κ1) is 9.47. The molecule has 0 rings (SSSR count). The van der Waals surface area contributed by atoms with E-state index >= 15 is 0 Å². The van der Waals surface area contributed by atoms with E-state index in [0.29, 0.717) is 5.92 Å². The Labute approximate surface area is 62.9 Å². The standard InChI is InChI=1S/C8H17NO/c1-4-8(5-2)6-7(3)9-10/h8,10H,4-6H2,1-3H3. The third-order valence-corrected chi connectivity index (χ3v) is 1.91. The minimum absolute atomic E-state index is 0.691. The van der Waals surface area contributed by atoms with Crippen molar-refractivity contribution < 1.29 is 5.21 Å². The van der Waals surface area contributed by atoms with Crippen molar-refractivity contribution in [3.8, 4) is 0 Å². The van der Waals surface area contributed by atoms with Crippen molar-refractivity contribution in [3.63, 3.8) is 0 Å². The minimum Gasteiger partial charge on any atom is -0.411 e. The lowest BCUT2D eigenvalue weighted by molar-refractivity contribution is 0.315. The molecule has 0 amide bonds. The van der Waals surface area contributed by atoms with Gasteiger partial charge in [0.15, 0.2) is 0 Å². The second-order valence-electron chi connectivity index (χ2n) is 2.72. The highest BCUT2D eigenvalue weighted by atomic mass is 16.4. The van der Waals surface area contributed by atoms with Crippen LogP contribution >= 0.6 is 0 Å². The molecule has 0 aliphatic carbocycles. The van der Waals surface area contributed by atoms with Crippen LogP contribution in [0.3, 0.4) is 0 Å². The minimum atomic E-state index is 0.691.